The molecule has 0 spiro atoms. The molecule has 0 bridgehead atoms. The van der Waals surface area contributed by atoms with Crippen LogP contribution in [0, 0.1) is 5.92 Å². The summed E-state index contributed by atoms with van der Waals surface area (Å²) < 4.78 is 168. The van der Waals surface area contributed by atoms with Gasteiger partial charge in [0.2, 0.25) is 0 Å². The van der Waals surface area contributed by atoms with Crippen molar-refractivity contribution < 1.29 is 57.1 Å². The Labute approximate surface area is 141 Å². The summed E-state index contributed by atoms with van der Waals surface area (Å²) in [7, 11) is 1.00. The van der Waals surface area contributed by atoms with Crippen molar-refractivity contribution in [3.8, 4) is 0 Å². The van der Waals surface area contributed by atoms with Crippen molar-refractivity contribution in [2.24, 2.45) is 5.92 Å². The summed E-state index contributed by atoms with van der Waals surface area (Å²) in [5.41, 5.74) is -2.80. The van der Waals surface area contributed by atoms with Gasteiger partial charge in [-0.15, -0.1) is 9.24 Å². The lowest BCUT2D eigenvalue weighted by Gasteiger charge is -2.41. The molecule has 3 atom stereocenters. The Balaban J connectivity index is 6.16. The monoisotopic (exact) mass is 436 g/mol. The van der Waals surface area contributed by atoms with Gasteiger partial charge in [-0.3, -0.25) is 0 Å². The average Bonchev–Trinajstić information content (AvgIpc) is 2.44. The van der Waals surface area contributed by atoms with Gasteiger partial charge in [0.15, 0.2) is 0 Å². The van der Waals surface area contributed by atoms with Crippen molar-refractivity contribution in [2.75, 3.05) is 0 Å². The van der Waals surface area contributed by atoms with Gasteiger partial charge in [0.25, 0.3) is 0 Å². The minimum atomic E-state index is -7.84. The third kappa shape index (κ3) is 3.73. The fourth-order valence-corrected chi connectivity index (χ4v) is 2.44. The van der Waals surface area contributed by atoms with Gasteiger partial charge < -0.3 is 0 Å². The predicted octanol–water partition coefficient (Wildman–Crippen LogP) is 6.41. The zero-order valence-corrected chi connectivity index (χ0v) is 14.2. The molecule has 0 aromatic carbocycles. The van der Waals surface area contributed by atoms with Crippen LogP contribution in [-0.4, -0.2) is 41.4 Å². The van der Waals surface area contributed by atoms with E-state index in [0.717, 1.165) is 9.24 Å². The standard InChI is InChI=1S/C12H14F13P/c1-3-5(2)4-6(26)7(13,14)8(15,16)9(17,18)10(19,20)11(21,22)12(23,24)25/h5-6H,3-4,26H2,1-2H3. The quantitative estimate of drug-likeness (QED) is 0.305. The van der Waals surface area contributed by atoms with Crippen LogP contribution in [0.25, 0.3) is 0 Å². The lowest BCUT2D eigenvalue weighted by Crippen LogP contribution is -2.71. The fourth-order valence-electron chi connectivity index (χ4n) is 1.76. The van der Waals surface area contributed by atoms with Gasteiger partial charge in [0.1, 0.15) is 0 Å². The summed E-state index contributed by atoms with van der Waals surface area (Å²) in [4.78, 5) is 0. The van der Waals surface area contributed by atoms with Crippen molar-refractivity contribution in [3.05, 3.63) is 0 Å². The van der Waals surface area contributed by atoms with Crippen molar-refractivity contribution in [2.45, 2.75) is 68.1 Å². The summed E-state index contributed by atoms with van der Waals surface area (Å²) in [6.45, 7) is 2.61. The Morgan fingerprint density at radius 1 is 0.654 bits per heavy atom. The van der Waals surface area contributed by atoms with Crippen LogP contribution in [0.2, 0.25) is 0 Å². The van der Waals surface area contributed by atoms with E-state index < -0.39 is 53.8 Å². The zero-order chi connectivity index (χ0) is 21.6. The molecular formula is C12H14F13P. The maximum absolute atomic E-state index is 13.7. The van der Waals surface area contributed by atoms with Gasteiger partial charge >= 0.3 is 35.8 Å². The Kier molecular flexibility index (Phi) is 7.03. The van der Waals surface area contributed by atoms with Crippen LogP contribution in [0.4, 0.5) is 57.1 Å². The third-order valence-electron chi connectivity index (χ3n) is 3.78. The first-order valence-electron chi connectivity index (χ1n) is 6.84. The SMILES string of the molecule is CCC(C)CC(P)C(F)(F)C(F)(F)C(F)(F)C(F)(F)C(F)(F)C(F)(F)F. The molecule has 0 radical (unpaired) electrons. The molecule has 0 amide bonds. The van der Waals surface area contributed by atoms with Crippen LogP contribution >= 0.6 is 9.24 Å². The third-order valence-corrected chi connectivity index (χ3v) is 4.47. The molecule has 158 valence electrons. The predicted molar refractivity (Wildman–Crippen MR) is 68.4 cm³/mol. The molecule has 26 heavy (non-hydrogen) atoms. The van der Waals surface area contributed by atoms with Gasteiger partial charge in [-0.25, -0.2) is 0 Å². The molecule has 0 N–H and O–H groups in total. The molecule has 0 nitrogen and oxygen atoms in total. The molecule has 0 rings (SSSR count). The van der Waals surface area contributed by atoms with Crippen LogP contribution in [0.5, 0.6) is 0 Å². The summed E-state index contributed by atoms with van der Waals surface area (Å²) in [6.07, 6.45) is -8.23. The zero-order valence-electron chi connectivity index (χ0n) is 13.1. The number of hydrogen-bond donors (Lipinski definition) is 0. The summed E-state index contributed by atoms with van der Waals surface area (Å²) >= 11 is 0. The van der Waals surface area contributed by atoms with Crippen molar-refractivity contribution in [1.29, 1.82) is 0 Å². The van der Waals surface area contributed by atoms with E-state index in [0.29, 0.717) is 0 Å². The molecule has 0 aliphatic heterocycles. The largest absolute Gasteiger partial charge is 0.460 e. The molecule has 0 saturated carbocycles. The van der Waals surface area contributed by atoms with E-state index >= 15 is 0 Å². The highest BCUT2D eigenvalue weighted by Crippen LogP contribution is 2.61. The summed E-state index contributed by atoms with van der Waals surface area (Å²) in [6, 6.07) is 0. The fraction of sp³-hybridized carbons (Fsp3) is 1.00. The van der Waals surface area contributed by atoms with Crippen LogP contribution in [0.1, 0.15) is 26.7 Å². The van der Waals surface area contributed by atoms with Crippen molar-refractivity contribution in [1.82, 2.24) is 0 Å². The van der Waals surface area contributed by atoms with Crippen LogP contribution < -0.4 is 0 Å². The Morgan fingerprint density at radius 2 is 1.00 bits per heavy atom. The van der Waals surface area contributed by atoms with E-state index in [-0.39, 0.29) is 6.42 Å². The highest BCUT2D eigenvalue weighted by Gasteiger charge is 2.91. The van der Waals surface area contributed by atoms with Gasteiger partial charge in [0, 0.05) is 5.66 Å². The van der Waals surface area contributed by atoms with Gasteiger partial charge in [-0.1, -0.05) is 20.3 Å². The molecule has 0 fully saturated rings. The molecular weight excluding hydrogens is 422 g/mol. The summed E-state index contributed by atoms with van der Waals surface area (Å²) in [5.74, 6) is -37.3. The van der Waals surface area contributed by atoms with E-state index in [1.54, 1.807) is 0 Å². The molecule has 3 unspecified atom stereocenters. The normalized spacial score (nSPS) is 18.0. The van der Waals surface area contributed by atoms with Gasteiger partial charge in [0.05, 0.1) is 0 Å². The molecule has 0 aliphatic rings. The topological polar surface area (TPSA) is 0 Å². The Morgan fingerprint density at radius 3 is 1.31 bits per heavy atom. The lowest BCUT2D eigenvalue weighted by atomic mass is 9.89. The first-order chi connectivity index (χ1) is 11.1. The second kappa shape index (κ2) is 7.16. The van der Waals surface area contributed by atoms with Gasteiger partial charge in [-0.2, -0.15) is 57.1 Å². The number of rotatable bonds is 8. The molecule has 0 aromatic heterocycles. The molecule has 0 saturated heterocycles. The first kappa shape index (κ1) is 25.5. The lowest BCUT2D eigenvalue weighted by molar-refractivity contribution is -0.439. The highest BCUT2D eigenvalue weighted by atomic mass is 31.0. The second-order valence-corrected chi connectivity index (χ2v) is 6.58. The van der Waals surface area contributed by atoms with E-state index in [2.05, 4.69) is 0 Å². The highest BCUT2D eigenvalue weighted by molar-refractivity contribution is 7.17. The summed E-state index contributed by atoms with van der Waals surface area (Å²) in [5, 5.41) is 0. The van der Waals surface area contributed by atoms with E-state index in [4.69, 9.17) is 0 Å². The number of hydrogen-bond acceptors (Lipinski definition) is 0. The van der Waals surface area contributed by atoms with E-state index in [9.17, 15) is 57.1 Å². The Hall–Kier alpha value is -0.480. The smallest absolute Gasteiger partial charge is 0.199 e. The minimum absolute atomic E-state index is 0.0885. The molecule has 14 heteroatoms. The van der Waals surface area contributed by atoms with Gasteiger partial charge in [-0.05, 0) is 12.3 Å². The maximum Gasteiger partial charge on any atom is 0.460 e. The molecule has 0 aromatic rings. The van der Waals surface area contributed by atoms with Crippen LogP contribution in [0.15, 0.2) is 0 Å². The van der Waals surface area contributed by atoms with E-state index in [1.165, 1.54) is 13.8 Å². The maximum atomic E-state index is 13.7. The van der Waals surface area contributed by atoms with Crippen molar-refractivity contribution in [3.63, 3.8) is 0 Å². The first-order valence-corrected chi connectivity index (χ1v) is 7.50. The Bertz CT molecular complexity index is 482. The number of alkyl halides is 13. The van der Waals surface area contributed by atoms with E-state index in [1.807, 2.05) is 0 Å². The average molecular weight is 436 g/mol. The minimum Gasteiger partial charge on any atom is -0.199 e. The molecule has 0 aliphatic carbocycles. The molecule has 0 heterocycles. The second-order valence-electron chi connectivity index (χ2n) is 5.77. The van der Waals surface area contributed by atoms with Crippen LogP contribution in [-0.2, 0) is 0 Å². The number of halogens is 13. The van der Waals surface area contributed by atoms with Crippen molar-refractivity contribution >= 4 is 9.24 Å². The van der Waals surface area contributed by atoms with Crippen LogP contribution in [0.3, 0.4) is 0 Å².